The molecular formula is C19H28N3O5P. The lowest BCUT2D eigenvalue weighted by molar-refractivity contribution is 0.350. The predicted molar refractivity (Wildman–Crippen MR) is 108 cm³/mol. The fraction of sp³-hybridized carbons (Fsp3) is 0.579. The van der Waals surface area contributed by atoms with Crippen molar-refractivity contribution in [1.29, 1.82) is 0 Å². The molecule has 2 N–H and O–H groups in total. The summed E-state index contributed by atoms with van der Waals surface area (Å²) in [5.41, 5.74) is 0.822. The first-order chi connectivity index (χ1) is 13.3. The van der Waals surface area contributed by atoms with Crippen LogP contribution in [-0.4, -0.2) is 53.2 Å². The average molecular weight is 409 g/mol. The second kappa shape index (κ2) is 8.64. The molecule has 0 saturated carbocycles. The van der Waals surface area contributed by atoms with Crippen molar-refractivity contribution in [3.63, 3.8) is 0 Å². The lowest BCUT2D eigenvalue weighted by atomic mass is 9.94. The van der Waals surface area contributed by atoms with E-state index in [1.807, 2.05) is 19.1 Å². The third kappa shape index (κ3) is 4.74. The van der Waals surface area contributed by atoms with E-state index >= 15 is 0 Å². The lowest BCUT2D eigenvalue weighted by Crippen LogP contribution is -2.35. The van der Waals surface area contributed by atoms with Crippen LogP contribution in [0.25, 0.3) is 10.9 Å². The molecule has 1 aliphatic rings. The summed E-state index contributed by atoms with van der Waals surface area (Å²) < 4.78 is 22.0. The molecule has 1 fully saturated rings. The second-order valence-electron chi connectivity index (χ2n) is 7.15. The first kappa shape index (κ1) is 20.8. The minimum Gasteiger partial charge on any atom is -0.493 e. The minimum absolute atomic E-state index is 0.0366. The summed E-state index contributed by atoms with van der Waals surface area (Å²) >= 11 is 0. The molecule has 0 atom stereocenters. The summed E-state index contributed by atoms with van der Waals surface area (Å²) in [4.78, 5) is 29.9. The van der Waals surface area contributed by atoms with E-state index in [-0.39, 0.29) is 6.16 Å². The standard InChI is InChI=1S/C19H28N3O5P/c1-4-18-20-15-12-17(27-3)16(26-2)11-14(15)19(21-18)22-8-5-13(6-9-22)7-10-28(23,24)25/h11-13H,4-10H2,1-3H3,(H2,23,24,25). The van der Waals surface area contributed by atoms with Gasteiger partial charge in [0.25, 0.3) is 0 Å². The van der Waals surface area contributed by atoms with Gasteiger partial charge in [-0.1, -0.05) is 6.92 Å². The molecule has 0 amide bonds. The number of hydrogen-bond acceptors (Lipinski definition) is 6. The summed E-state index contributed by atoms with van der Waals surface area (Å²) in [6.07, 6.45) is 3.04. The number of methoxy groups -OCH3 is 2. The van der Waals surface area contributed by atoms with E-state index in [4.69, 9.17) is 24.2 Å². The first-order valence-corrected chi connectivity index (χ1v) is 11.4. The molecular weight excluding hydrogens is 381 g/mol. The molecule has 0 unspecified atom stereocenters. The van der Waals surface area contributed by atoms with Crippen LogP contribution in [0.2, 0.25) is 0 Å². The Kier molecular flexibility index (Phi) is 6.43. The maximum absolute atomic E-state index is 11.1. The highest BCUT2D eigenvalue weighted by Crippen LogP contribution is 2.39. The molecule has 0 radical (unpaired) electrons. The van der Waals surface area contributed by atoms with Crippen molar-refractivity contribution in [3.8, 4) is 11.5 Å². The smallest absolute Gasteiger partial charge is 0.325 e. The summed E-state index contributed by atoms with van der Waals surface area (Å²) in [6, 6.07) is 3.80. The molecule has 1 aromatic carbocycles. The van der Waals surface area contributed by atoms with Crippen LogP contribution in [0.4, 0.5) is 5.82 Å². The quantitative estimate of drug-likeness (QED) is 0.673. The van der Waals surface area contributed by atoms with Crippen LogP contribution in [0.15, 0.2) is 12.1 Å². The van der Waals surface area contributed by atoms with Gasteiger partial charge in [0.1, 0.15) is 11.6 Å². The number of piperidine rings is 1. The van der Waals surface area contributed by atoms with Gasteiger partial charge >= 0.3 is 7.60 Å². The van der Waals surface area contributed by atoms with Crippen molar-refractivity contribution in [2.75, 3.05) is 38.4 Å². The Morgan fingerprint density at radius 3 is 2.36 bits per heavy atom. The summed E-state index contributed by atoms with van der Waals surface area (Å²) in [5, 5.41) is 0.920. The van der Waals surface area contributed by atoms with Crippen molar-refractivity contribution in [1.82, 2.24) is 9.97 Å². The van der Waals surface area contributed by atoms with Gasteiger partial charge < -0.3 is 24.2 Å². The van der Waals surface area contributed by atoms with Crippen molar-refractivity contribution in [3.05, 3.63) is 18.0 Å². The Morgan fingerprint density at radius 2 is 1.79 bits per heavy atom. The van der Waals surface area contributed by atoms with Crippen LogP contribution in [-0.2, 0) is 11.0 Å². The van der Waals surface area contributed by atoms with E-state index in [1.54, 1.807) is 14.2 Å². The molecule has 154 valence electrons. The monoisotopic (exact) mass is 409 g/mol. The van der Waals surface area contributed by atoms with E-state index < -0.39 is 7.60 Å². The van der Waals surface area contributed by atoms with Gasteiger partial charge in [-0.2, -0.15) is 0 Å². The van der Waals surface area contributed by atoms with Crippen LogP contribution in [0.3, 0.4) is 0 Å². The van der Waals surface area contributed by atoms with Gasteiger partial charge in [-0.15, -0.1) is 0 Å². The Labute approximate surface area is 165 Å². The lowest BCUT2D eigenvalue weighted by Gasteiger charge is -2.33. The number of hydrogen-bond donors (Lipinski definition) is 2. The van der Waals surface area contributed by atoms with Gasteiger partial charge in [-0.05, 0) is 31.2 Å². The highest BCUT2D eigenvalue weighted by atomic mass is 31.2. The van der Waals surface area contributed by atoms with E-state index in [1.165, 1.54) is 0 Å². The van der Waals surface area contributed by atoms with Gasteiger partial charge in [0, 0.05) is 31.0 Å². The van der Waals surface area contributed by atoms with Crippen LogP contribution in [0.1, 0.15) is 32.0 Å². The number of ether oxygens (including phenoxy) is 2. The SMILES string of the molecule is CCc1nc(N2CCC(CCP(=O)(O)O)CC2)c2cc(OC)c(OC)cc2n1. The fourth-order valence-electron chi connectivity index (χ4n) is 3.67. The highest BCUT2D eigenvalue weighted by molar-refractivity contribution is 7.51. The maximum Gasteiger partial charge on any atom is 0.325 e. The third-order valence-corrected chi connectivity index (χ3v) is 6.13. The van der Waals surface area contributed by atoms with Crippen LogP contribution < -0.4 is 14.4 Å². The second-order valence-corrected chi connectivity index (χ2v) is 8.93. The fourth-order valence-corrected chi connectivity index (χ4v) is 4.37. The molecule has 3 rings (SSSR count). The van der Waals surface area contributed by atoms with Crippen molar-refractivity contribution in [2.45, 2.75) is 32.6 Å². The molecule has 1 saturated heterocycles. The van der Waals surface area contributed by atoms with Gasteiger partial charge in [-0.25, -0.2) is 9.97 Å². The van der Waals surface area contributed by atoms with Crippen molar-refractivity contribution >= 4 is 24.3 Å². The molecule has 0 spiro atoms. The molecule has 2 heterocycles. The maximum atomic E-state index is 11.1. The zero-order chi connectivity index (χ0) is 20.3. The molecule has 9 heteroatoms. The summed E-state index contributed by atoms with van der Waals surface area (Å²) in [7, 11) is -0.711. The molecule has 1 aliphatic heterocycles. The van der Waals surface area contributed by atoms with E-state index in [0.29, 0.717) is 23.8 Å². The van der Waals surface area contributed by atoms with Crippen molar-refractivity contribution in [2.24, 2.45) is 5.92 Å². The van der Waals surface area contributed by atoms with E-state index in [9.17, 15) is 4.57 Å². The zero-order valence-corrected chi connectivity index (χ0v) is 17.5. The largest absolute Gasteiger partial charge is 0.493 e. The molecule has 0 aliphatic carbocycles. The first-order valence-electron chi connectivity index (χ1n) is 9.56. The van der Waals surface area contributed by atoms with Gasteiger partial charge in [-0.3, -0.25) is 4.57 Å². The number of fused-ring (bicyclic) bond motifs is 1. The zero-order valence-electron chi connectivity index (χ0n) is 16.6. The number of nitrogens with zero attached hydrogens (tertiary/aromatic N) is 3. The minimum atomic E-state index is -3.93. The van der Waals surface area contributed by atoms with Crippen LogP contribution >= 0.6 is 7.60 Å². The van der Waals surface area contributed by atoms with Gasteiger partial charge in [0.05, 0.1) is 25.9 Å². The topological polar surface area (TPSA) is 105 Å². The average Bonchev–Trinajstić information content (AvgIpc) is 2.70. The predicted octanol–water partition coefficient (Wildman–Crippen LogP) is 2.99. The molecule has 1 aromatic heterocycles. The molecule has 0 bridgehead atoms. The normalized spacial score (nSPS) is 15.8. The Hall–Kier alpha value is -1.89. The Balaban J connectivity index is 1.87. The van der Waals surface area contributed by atoms with Crippen LogP contribution in [0.5, 0.6) is 11.5 Å². The van der Waals surface area contributed by atoms with E-state index in [2.05, 4.69) is 9.88 Å². The molecule has 28 heavy (non-hydrogen) atoms. The van der Waals surface area contributed by atoms with Crippen molar-refractivity contribution < 1.29 is 23.8 Å². The Morgan fingerprint density at radius 1 is 1.14 bits per heavy atom. The summed E-state index contributed by atoms with van der Waals surface area (Å²) in [6.45, 7) is 3.63. The van der Waals surface area contributed by atoms with E-state index in [0.717, 1.165) is 54.9 Å². The molecule has 2 aromatic rings. The highest BCUT2D eigenvalue weighted by Gasteiger charge is 2.25. The number of aromatic nitrogens is 2. The van der Waals surface area contributed by atoms with Gasteiger partial charge in [0.15, 0.2) is 11.5 Å². The number of anilines is 1. The number of aryl methyl sites for hydroxylation is 1. The molecule has 8 nitrogen and oxygen atoms in total. The van der Waals surface area contributed by atoms with Gasteiger partial charge in [0.2, 0.25) is 0 Å². The summed E-state index contributed by atoms with van der Waals surface area (Å²) in [5.74, 6) is 3.27. The number of benzene rings is 1. The van der Waals surface area contributed by atoms with Crippen LogP contribution in [0, 0.1) is 5.92 Å². The third-order valence-electron chi connectivity index (χ3n) is 5.29. The number of rotatable bonds is 7. The Bertz CT molecular complexity index is 877.